The molecule has 8 nitrogen and oxygen atoms in total. The summed E-state index contributed by atoms with van der Waals surface area (Å²) in [5, 5.41) is 3.67. The predicted octanol–water partition coefficient (Wildman–Crippen LogP) is 2.42. The number of sulfonamides is 1. The van der Waals surface area contributed by atoms with E-state index in [-0.39, 0.29) is 28.0 Å². The molecule has 1 heterocycles. The van der Waals surface area contributed by atoms with Crippen molar-refractivity contribution in [3.05, 3.63) is 40.5 Å². The van der Waals surface area contributed by atoms with E-state index >= 15 is 0 Å². The maximum atomic E-state index is 12.6. The number of esters is 1. The lowest BCUT2D eigenvalue weighted by Gasteiger charge is -2.18. The first-order chi connectivity index (χ1) is 11.8. The van der Waals surface area contributed by atoms with Gasteiger partial charge in [-0.2, -0.15) is 9.29 Å². The summed E-state index contributed by atoms with van der Waals surface area (Å²) in [5.41, 5.74) is -0.0499. The van der Waals surface area contributed by atoms with Crippen LogP contribution in [0.15, 0.2) is 27.6 Å². The molecule has 0 saturated carbocycles. The molecule has 25 heavy (non-hydrogen) atoms. The maximum Gasteiger partial charge on any atom is 0.340 e. The molecular formula is C15H18ClN3O5S. The van der Waals surface area contributed by atoms with Gasteiger partial charge in [0.1, 0.15) is 0 Å². The minimum absolute atomic E-state index is 0.0267. The highest BCUT2D eigenvalue weighted by molar-refractivity contribution is 7.89. The number of aryl methyl sites for hydroxylation is 1. The molecule has 1 aromatic heterocycles. The van der Waals surface area contributed by atoms with Crippen molar-refractivity contribution in [3.63, 3.8) is 0 Å². The number of ether oxygens (including phenoxy) is 1. The molecule has 0 N–H and O–H groups in total. The topological polar surface area (TPSA) is 103 Å². The molecule has 0 radical (unpaired) electrons. The summed E-state index contributed by atoms with van der Waals surface area (Å²) in [7, 11) is -3.71. The van der Waals surface area contributed by atoms with Crippen LogP contribution < -0.4 is 0 Å². The highest BCUT2D eigenvalue weighted by atomic mass is 35.5. The van der Waals surface area contributed by atoms with Crippen LogP contribution in [-0.2, 0) is 21.4 Å². The number of carbonyl (C=O) groups is 1. The smallest absolute Gasteiger partial charge is 0.340 e. The number of aromatic nitrogens is 2. The zero-order valence-corrected chi connectivity index (χ0v) is 15.6. The fourth-order valence-electron chi connectivity index (χ4n) is 2.14. The lowest BCUT2D eigenvalue weighted by molar-refractivity contribution is 0.0429. The molecule has 0 unspecified atom stereocenters. The van der Waals surface area contributed by atoms with Gasteiger partial charge in [-0.15, -0.1) is 0 Å². The first kappa shape index (κ1) is 19.4. The quantitative estimate of drug-likeness (QED) is 0.672. The van der Waals surface area contributed by atoms with Crippen LogP contribution in [0.1, 0.15) is 35.9 Å². The van der Waals surface area contributed by atoms with E-state index in [1.165, 1.54) is 22.5 Å². The fourth-order valence-corrected chi connectivity index (χ4v) is 3.82. The second kappa shape index (κ2) is 7.94. The molecule has 0 fully saturated rings. The number of hydrogen-bond acceptors (Lipinski definition) is 7. The summed E-state index contributed by atoms with van der Waals surface area (Å²) in [4.78, 5) is 16.1. The average Bonchev–Trinajstić information content (AvgIpc) is 2.99. The van der Waals surface area contributed by atoms with Gasteiger partial charge in [0.05, 0.1) is 15.5 Å². The Hall–Kier alpha value is -1.97. The van der Waals surface area contributed by atoms with Crippen LogP contribution in [0.4, 0.5) is 0 Å². The molecule has 0 bridgehead atoms. The average molecular weight is 388 g/mol. The lowest BCUT2D eigenvalue weighted by atomic mass is 10.2. The molecule has 10 heteroatoms. The second-order valence-electron chi connectivity index (χ2n) is 5.04. The zero-order chi connectivity index (χ0) is 18.6. The summed E-state index contributed by atoms with van der Waals surface area (Å²) < 4.78 is 36.3. The van der Waals surface area contributed by atoms with Crippen LogP contribution in [0.25, 0.3) is 0 Å². The van der Waals surface area contributed by atoms with E-state index in [4.69, 9.17) is 20.9 Å². The van der Waals surface area contributed by atoms with Gasteiger partial charge >= 0.3 is 5.97 Å². The van der Waals surface area contributed by atoms with E-state index in [2.05, 4.69) is 10.1 Å². The monoisotopic (exact) mass is 387 g/mol. The first-order valence-electron chi connectivity index (χ1n) is 7.55. The Balaban J connectivity index is 2.24. The maximum absolute atomic E-state index is 12.6. The summed E-state index contributed by atoms with van der Waals surface area (Å²) >= 11 is 6.01. The molecule has 0 amide bonds. The zero-order valence-electron chi connectivity index (χ0n) is 14.0. The van der Waals surface area contributed by atoms with Gasteiger partial charge in [0.2, 0.25) is 10.0 Å². The Labute approximate surface area is 150 Å². The lowest BCUT2D eigenvalue weighted by Crippen LogP contribution is -2.30. The van der Waals surface area contributed by atoms with Gasteiger partial charge in [-0.3, -0.25) is 0 Å². The van der Waals surface area contributed by atoms with Gasteiger partial charge in [-0.25, -0.2) is 13.2 Å². The first-order valence-corrected chi connectivity index (χ1v) is 9.37. The van der Waals surface area contributed by atoms with Crippen LogP contribution in [-0.4, -0.2) is 41.9 Å². The minimum atomic E-state index is -3.71. The summed E-state index contributed by atoms with van der Waals surface area (Å²) in [6.07, 6.45) is 0. The van der Waals surface area contributed by atoms with Gasteiger partial charge in [0, 0.05) is 13.1 Å². The van der Waals surface area contributed by atoms with Crippen molar-refractivity contribution in [2.24, 2.45) is 0 Å². The third-order valence-electron chi connectivity index (χ3n) is 3.40. The molecular weight excluding hydrogens is 370 g/mol. The van der Waals surface area contributed by atoms with Crippen molar-refractivity contribution >= 4 is 27.6 Å². The van der Waals surface area contributed by atoms with Crippen molar-refractivity contribution < 1.29 is 22.5 Å². The summed E-state index contributed by atoms with van der Waals surface area (Å²) in [6.45, 7) is 5.50. The Morgan fingerprint density at radius 3 is 2.56 bits per heavy atom. The van der Waals surface area contributed by atoms with Crippen molar-refractivity contribution in [3.8, 4) is 0 Å². The SMILES string of the molecule is CCN(CC)S(=O)(=O)c1ccc(Cl)c(C(=O)OCc2nc(C)no2)c1. The Kier molecular flexibility index (Phi) is 6.15. The number of nitrogens with zero attached hydrogens (tertiary/aromatic N) is 3. The van der Waals surface area contributed by atoms with Crippen LogP contribution in [0, 0.1) is 6.92 Å². The number of halogens is 1. The summed E-state index contributed by atoms with van der Waals surface area (Å²) in [5.74, 6) is -0.234. The van der Waals surface area contributed by atoms with Gasteiger partial charge in [0.25, 0.3) is 5.89 Å². The molecule has 0 spiro atoms. The van der Waals surface area contributed by atoms with Crippen molar-refractivity contribution in [2.75, 3.05) is 13.1 Å². The molecule has 0 saturated heterocycles. The van der Waals surface area contributed by atoms with E-state index in [0.717, 1.165) is 0 Å². The van der Waals surface area contributed by atoms with E-state index < -0.39 is 16.0 Å². The molecule has 0 aliphatic rings. The van der Waals surface area contributed by atoms with Gasteiger partial charge in [0.15, 0.2) is 12.4 Å². The normalized spacial score (nSPS) is 11.7. The van der Waals surface area contributed by atoms with E-state index in [1.54, 1.807) is 20.8 Å². The molecule has 136 valence electrons. The third-order valence-corrected chi connectivity index (χ3v) is 5.77. The Bertz CT molecular complexity index is 862. The Morgan fingerprint density at radius 2 is 2.00 bits per heavy atom. The number of hydrogen-bond donors (Lipinski definition) is 0. The number of benzene rings is 1. The van der Waals surface area contributed by atoms with Gasteiger partial charge in [-0.1, -0.05) is 30.6 Å². The van der Waals surface area contributed by atoms with Crippen molar-refractivity contribution in [1.29, 1.82) is 0 Å². The number of rotatable bonds is 7. The summed E-state index contributed by atoms with van der Waals surface area (Å²) in [6, 6.07) is 3.91. The standard InChI is InChI=1S/C15H18ClN3O5S/c1-4-19(5-2)25(21,22)11-6-7-13(16)12(8-11)15(20)23-9-14-17-10(3)18-24-14/h6-8H,4-5,9H2,1-3H3. The molecule has 0 aliphatic heterocycles. The van der Waals surface area contributed by atoms with Crippen molar-refractivity contribution in [2.45, 2.75) is 32.3 Å². The van der Waals surface area contributed by atoms with Crippen LogP contribution in [0.3, 0.4) is 0 Å². The van der Waals surface area contributed by atoms with E-state index in [0.29, 0.717) is 18.9 Å². The van der Waals surface area contributed by atoms with Gasteiger partial charge < -0.3 is 9.26 Å². The largest absolute Gasteiger partial charge is 0.452 e. The van der Waals surface area contributed by atoms with Crippen molar-refractivity contribution in [1.82, 2.24) is 14.4 Å². The highest BCUT2D eigenvalue weighted by Crippen LogP contribution is 2.24. The van der Waals surface area contributed by atoms with Crippen LogP contribution in [0.5, 0.6) is 0 Å². The van der Waals surface area contributed by atoms with Crippen LogP contribution >= 0.6 is 11.6 Å². The molecule has 1 aromatic carbocycles. The van der Waals surface area contributed by atoms with E-state index in [1.807, 2.05) is 0 Å². The fraction of sp³-hybridized carbons (Fsp3) is 0.400. The molecule has 0 aliphatic carbocycles. The number of carbonyl (C=O) groups excluding carboxylic acids is 1. The third kappa shape index (κ3) is 4.36. The van der Waals surface area contributed by atoms with E-state index in [9.17, 15) is 13.2 Å². The Morgan fingerprint density at radius 1 is 1.32 bits per heavy atom. The van der Waals surface area contributed by atoms with Gasteiger partial charge in [-0.05, 0) is 25.1 Å². The molecule has 2 aromatic rings. The predicted molar refractivity (Wildman–Crippen MR) is 89.7 cm³/mol. The highest BCUT2D eigenvalue weighted by Gasteiger charge is 2.24. The molecule has 2 rings (SSSR count). The minimum Gasteiger partial charge on any atom is -0.452 e. The molecule has 0 atom stereocenters. The van der Waals surface area contributed by atoms with Crippen LogP contribution in [0.2, 0.25) is 5.02 Å². The second-order valence-corrected chi connectivity index (χ2v) is 7.39.